The zero-order chi connectivity index (χ0) is 9.52. The van der Waals surface area contributed by atoms with Gasteiger partial charge in [-0.05, 0) is 13.5 Å². The molecule has 1 heterocycles. The molecule has 0 aromatic carbocycles. The number of hydrogen-bond donors (Lipinski definition) is 1. The summed E-state index contributed by atoms with van der Waals surface area (Å²) in [6, 6.07) is 0. The molecule has 0 bridgehead atoms. The highest BCUT2D eigenvalue weighted by Crippen LogP contribution is 2.12. The van der Waals surface area contributed by atoms with Gasteiger partial charge in [-0.25, -0.2) is 4.98 Å². The summed E-state index contributed by atoms with van der Waals surface area (Å²) in [5, 5.41) is 4.30. The summed E-state index contributed by atoms with van der Waals surface area (Å²) in [5.74, 6) is 0. The SMILES string of the molecule is CCNCCN(CC)c1ncns1. The minimum absolute atomic E-state index is 0.987. The molecule has 0 unspecified atom stereocenters. The fourth-order valence-electron chi connectivity index (χ4n) is 1.09. The Morgan fingerprint density at radius 2 is 2.38 bits per heavy atom. The lowest BCUT2D eigenvalue weighted by molar-refractivity contribution is 0.687. The van der Waals surface area contributed by atoms with Crippen molar-refractivity contribution < 1.29 is 0 Å². The summed E-state index contributed by atoms with van der Waals surface area (Å²) >= 11 is 1.45. The number of rotatable bonds is 6. The first kappa shape index (κ1) is 10.4. The molecule has 74 valence electrons. The summed E-state index contributed by atoms with van der Waals surface area (Å²) in [4.78, 5) is 6.39. The van der Waals surface area contributed by atoms with Crippen molar-refractivity contribution >= 4 is 16.7 Å². The molecule has 5 heteroatoms. The van der Waals surface area contributed by atoms with Gasteiger partial charge in [0.1, 0.15) is 6.33 Å². The van der Waals surface area contributed by atoms with E-state index in [2.05, 4.69) is 33.4 Å². The van der Waals surface area contributed by atoms with Crippen LogP contribution in [-0.2, 0) is 0 Å². The number of anilines is 1. The average molecular weight is 200 g/mol. The molecular weight excluding hydrogens is 184 g/mol. The molecule has 0 aliphatic rings. The van der Waals surface area contributed by atoms with Crippen LogP contribution in [0.1, 0.15) is 13.8 Å². The van der Waals surface area contributed by atoms with Crippen LogP contribution >= 0.6 is 11.5 Å². The summed E-state index contributed by atoms with van der Waals surface area (Å²) in [7, 11) is 0. The van der Waals surface area contributed by atoms with Gasteiger partial charge in [0.2, 0.25) is 5.13 Å². The van der Waals surface area contributed by atoms with Gasteiger partial charge in [-0.3, -0.25) is 0 Å². The lowest BCUT2D eigenvalue weighted by atomic mass is 10.5. The largest absolute Gasteiger partial charge is 0.346 e. The van der Waals surface area contributed by atoms with E-state index in [4.69, 9.17) is 0 Å². The predicted octanol–water partition coefficient (Wildman–Crippen LogP) is 0.974. The summed E-state index contributed by atoms with van der Waals surface area (Å²) in [6.07, 6.45) is 1.61. The lowest BCUT2D eigenvalue weighted by Gasteiger charge is -2.18. The molecule has 13 heavy (non-hydrogen) atoms. The van der Waals surface area contributed by atoms with E-state index in [1.807, 2.05) is 0 Å². The van der Waals surface area contributed by atoms with E-state index >= 15 is 0 Å². The Kier molecular flexibility index (Phi) is 4.70. The Morgan fingerprint density at radius 3 is 2.92 bits per heavy atom. The van der Waals surface area contributed by atoms with Gasteiger partial charge in [-0.15, -0.1) is 0 Å². The van der Waals surface area contributed by atoms with Gasteiger partial charge in [0, 0.05) is 31.2 Å². The molecule has 1 aromatic rings. The first-order valence-corrected chi connectivity index (χ1v) is 5.38. The topological polar surface area (TPSA) is 41.0 Å². The quantitative estimate of drug-likeness (QED) is 0.695. The second-order valence-corrected chi connectivity index (χ2v) is 3.42. The minimum atomic E-state index is 0.987. The molecule has 1 N–H and O–H groups in total. The molecule has 0 spiro atoms. The van der Waals surface area contributed by atoms with E-state index < -0.39 is 0 Å². The van der Waals surface area contributed by atoms with E-state index in [9.17, 15) is 0 Å². The van der Waals surface area contributed by atoms with Gasteiger partial charge in [0.15, 0.2) is 0 Å². The van der Waals surface area contributed by atoms with Gasteiger partial charge in [0.25, 0.3) is 0 Å². The van der Waals surface area contributed by atoms with Crippen LogP contribution in [0.25, 0.3) is 0 Å². The lowest BCUT2D eigenvalue weighted by Crippen LogP contribution is -2.31. The number of nitrogens with one attached hydrogen (secondary N) is 1. The normalized spacial score (nSPS) is 10.3. The van der Waals surface area contributed by atoms with Crippen LogP contribution in [0.2, 0.25) is 0 Å². The smallest absolute Gasteiger partial charge is 0.204 e. The Bertz CT molecular complexity index is 212. The molecule has 0 fully saturated rings. The third kappa shape index (κ3) is 3.28. The van der Waals surface area contributed by atoms with Crippen LogP contribution in [-0.4, -0.2) is 35.5 Å². The summed E-state index contributed by atoms with van der Waals surface area (Å²) < 4.78 is 3.99. The molecule has 4 nitrogen and oxygen atoms in total. The third-order valence-electron chi connectivity index (χ3n) is 1.81. The zero-order valence-corrected chi connectivity index (χ0v) is 8.97. The molecule has 0 aliphatic heterocycles. The van der Waals surface area contributed by atoms with Crippen LogP contribution in [0, 0.1) is 0 Å². The van der Waals surface area contributed by atoms with Gasteiger partial charge < -0.3 is 10.2 Å². The molecule has 0 radical (unpaired) electrons. The zero-order valence-electron chi connectivity index (χ0n) is 8.16. The standard InChI is InChI=1S/C8H16N4S/c1-3-9-5-6-12(4-2)8-10-7-11-13-8/h7,9H,3-6H2,1-2H3. The van der Waals surface area contributed by atoms with Crippen LogP contribution in [0.4, 0.5) is 5.13 Å². The van der Waals surface area contributed by atoms with Gasteiger partial charge in [-0.2, -0.15) is 4.37 Å². The Morgan fingerprint density at radius 1 is 1.54 bits per heavy atom. The highest BCUT2D eigenvalue weighted by molar-refractivity contribution is 7.09. The van der Waals surface area contributed by atoms with E-state index in [-0.39, 0.29) is 0 Å². The predicted molar refractivity (Wildman–Crippen MR) is 56.3 cm³/mol. The maximum atomic E-state index is 4.17. The highest BCUT2D eigenvalue weighted by atomic mass is 32.1. The van der Waals surface area contributed by atoms with Crippen LogP contribution < -0.4 is 10.2 Å². The molecule has 0 amide bonds. The van der Waals surface area contributed by atoms with E-state index in [1.165, 1.54) is 11.5 Å². The van der Waals surface area contributed by atoms with Crippen molar-refractivity contribution in [3.8, 4) is 0 Å². The van der Waals surface area contributed by atoms with Gasteiger partial charge >= 0.3 is 0 Å². The molecule has 1 rings (SSSR count). The van der Waals surface area contributed by atoms with Gasteiger partial charge in [0.05, 0.1) is 0 Å². The molecule has 0 saturated carbocycles. The van der Waals surface area contributed by atoms with Crippen molar-refractivity contribution in [3.63, 3.8) is 0 Å². The Balaban J connectivity index is 2.35. The number of aromatic nitrogens is 2. The maximum absolute atomic E-state index is 4.17. The monoisotopic (exact) mass is 200 g/mol. The van der Waals surface area contributed by atoms with E-state index in [1.54, 1.807) is 6.33 Å². The fourth-order valence-corrected chi connectivity index (χ4v) is 1.71. The second-order valence-electron chi connectivity index (χ2n) is 2.66. The van der Waals surface area contributed by atoms with Crippen molar-refractivity contribution in [2.24, 2.45) is 0 Å². The van der Waals surface area contributed by atoms with Gasteiger partial charge in [-0.1, -0.05) is 6.92 Å². The maximum Gasteiger partial charge on any atom is 0.204 e. The molecule has 0 saturated heterocycles. The van der Waals surface area contributed by atoms with Crippen molar-refractivity contribution in [1.82, 2.24) is 14.7 Å². The Labute approximate surface area is 83.2 Å². The first-order valence-electron chi connectivity index (χ1n) is 4.60. The van der Waals surface area contributed by atoms with Crippen molar-refractivity contribution in [3.05, 3.63) is 6.33 Å². The van der Waals surface area contributed by atoms with Crippen molar-refractivity contribution in [2.75, 3.05) is 31.1 Å². The highest BCUT2D eigenvalue weighted by Gasteiger charge is 2.05. The van der Waals surface area contributed by atoms with E-state index in [0.29, 0.717) is 0 Å². The number of likely N-dealkylation sites (N-methyl/N-ethyl adjacent to an activating group) is 2. The second kappa shape index (κ2) is 5.88. The first-order chi connectivity index (χ1) is 6.38. The summed E-state index contributed by atoms with van der Waals surface area (Å²) in [6.45, 7) is 8.26. The minimum Gasteiger partial charge on any atom is -0.346 e. The third-order valence-corrected chi connectivity index (χ3v) is 2.54. The number of hydrogen-bond acceptors (Lipinski definition) is 5. The van der Waals surface area contributed by atoms with Crippen molar-refractivity contribution in [1.29, 1.82) is 0 Å². The Hall–Kier alpha value is -0.680. The summed E-state index contributed by atoms with van der Waals surface area (Å²) in [5.41, 5.74) is 0. The molecule has 0 aliphatic carbocycles. The van der Waals surface area contributed by atoms with Crippen LogP contribution in [0.15, 0.2) is 6.33 Å². The van der Waals surface area contributed by atoms with E-state index in [0.717, 1.165) is 31.3 Å². The molecule has 0 atom stereocenters. The molecular formula is C8H16N4S. The average Bonchev–Trinajstić information content (AvgIpc) is 2.65. The molecule has 1 aromatic heterocycles. The fraction of sp³-hybridized carbons (Fsp3) is 0.750. The van der Waals surface area contributed by atoms with Crippen LogP contribution in [0.3, 0.4) is 0 Å². The van der Waals surface area contributed by atoms with Crippen LogP contribution in [0.5, 0.6) is 0 Å². The number of nitrogens with zero attached hydrogens (tertiary/aromatic N) is 3. The van der Waals surface area contributed by atoms with Crippen molar-refractivity contribution in [2.45, 2.75) is 13.8 Å².